The zero-order chi connectivity index (χ0) is 15.7. The van der Waals surface area contributed by atoms with Gasteiger partial charge in [-0.15, -0.1) is 0 Å². The zero-order valence-corrected chi connectivity index (χ0v) is 13.8. The van der Waals surface area contributed by atoms with E-state index in [0.717, 1.165) is 44.1 Å². The van der Waals surface area contributed by atoms with Crippen molar-refractivity contribution in [3.8, 4) is 0 Å². The van der Waals surface area contributed by atoms with Crippen LogP contribution in [0.4, 0.5) is 5.82 Å². The van der Waals surface area contributed by atoms with Crippen LogP contribution in [0.15, 0.2) is 12.3 Å². The van der Waals surface area contributed by atoms with E-state index in [4.69, 9.17) is 0 Å². The summed E-state index contributed by atoms with van der Waals surface area (Å²) >= 11 is 0. The zero-order valence-electron chi connectivity index (χ0n) is 13.8. The molecule has 0 N–H and O–H groups in total. The first-order valence-electron chi connectivity index (χ1n) is 8.38. The van der Waals surface area contributed by atoms with Crippen LogP contribution in [0.1, 0.15) is 38.9 Å². The lowest BCUT2D eigenvalue weighted by Gasteiger charge is -2.39. The molecule has 2 atom stereocenters. The minimum atomic E-state index is 0.322. The number of nitrogens with zero attached hydrogens (tertiary/aromatic N) is 4. The highest BCUT2D eigenvalue weighted by molar-refractivity contribution is 5.77. The molecule has 0 spiro atoms. The Bertz CT molecular complexity index is 545. The molecular weight excluding hydrogens is 276 g/mol. The van der Waals surface area contributed by atoms with Gasteiger partial charge in [-0.3, -0.25) is 4.79 Å². The summed E-state index contributed by atoms with van der Waals surface area (Å²) in [6, 6.07) is 2.33. The highest BCUT2D eigenvalue weighted by atomic mass is 16.2. The Kier molecular flexibility index (Phi) is 4.32. The second-order valence-electron chi connectivity index (χ2n) is 7.00. The van der Waals surface area contributed by atoms with E-state index in [0.29, 0.717) is 30.2 Å². The molecule has 1 amide bonds. The third kappa shape index (κ3) is 3.08. The monoisotopic (exact) mass is 302 g/mol. The molecule has 0 bridgehead atoms. The standard InChI is InChI=1S/C17H26N4O/c1-12(2)10-17(22)21-9-6-14-5-8-20(11-15(14)21)16-4-7-18-13(3)19-16/h4,7,12,14-15H,5-6,8-11H2,1-3H3. The van der Waals surface area contributed by atoms with Crippen molar-refractivity contribution in [2.45, 2.75) is 46.1 Å². The number of carbonyl (C=O) groups is 1. The van der Waals surface area contributed by atoms with Crippen molar-refractivity contribution in [2.75, 3.05) is 24.5 Å². The second kappa shape index (κ2) is 6.23. The van der Waals surface area contributed by atoms with Crippen LogP contribution in [-0.4, -0.2) is 46.5 Å². The van der Waals surface area contributed by atoms with Crippen molar-refractivity contribution >= 4 is 11.7 Å². The summed E-state index contributed by atoms with van der Waals surface area (Å²) in [4.78, 5) is 25.7. The van der Waals surface area contributed by atoms with Crippen molar-refractivity contribution in [3.05, 3.63) is 18.1 Å². The van der Waals surface area contributed by atoms with Gasteiger partial charge in [-0.2, -0.15) is 0 Å². The van der Waals surface area contributed by atoms with Crippen LogP contribution in [0, 0.1) is 18.8 Å². The largest absolute Gasteiger partial charge is 0.354 e. The third-order valence-electron chi connectivity index (χ3n) is 4.85. The van der Waals surface area contributed by atoms with Gasteiger partial charge in [-0.1, -0.05) is 13.8 Å². The number of fused-ring (bicyclic) bond motifs is 1. The van der Waals surface area contributed by atoms with Crippen molar-refractivity contribution in [1.82, 2.24) is 14.9 Å². The summed E-state index contributed by atoms with van der Waals surface area (Å²) < 4.78 is 0. The first kappa shape index (κ1) is 15.3. The van der Waals surface area contributed by atoms with Gasteiger partial charge in [0, 0.05) is 32.3 Å². The van der Waals surface area contributed by atoms with E-state index in [9.17, 15) is 4.79 Å². The highest BCUT2D eigenvalue weighted by Gasteiger charge is 2.40. The van der Waals surface area contributed by atoms with Crippen LogP contribution in [-0.2, 0) is 4.79 Å². The molecule has 5 nitrogen and oxygen atoms in total. The predicted octanol–water partition coefficient (Wildman–Crippen LogP) is 2.26. The summed E-state index contributed by atoms with van der Waals surface area (Å²) in [5.41, 5.74) is 0. The quantitative estimate of drug-likeness (QED) is 0.859. The molecule has 1 aromatic heterocycles. The molecule has 0 aliphatic carbocycles. The predicted molar refractivity (Wildman–Crippen MR) is 86.7 cm³/mol. The van der Waals surface area contributed by atoms with E-state index in [1.54, 1.807) is 0 Å². The fraction of sp³-hybridized carbons (Fsp3) is 0.706. The maximum atomic E-state index is 12.5. The van der Waals surface area contributed by atoms with Crippen LogP contribution < -0.4 is 4.90 Å². The summed E-state index contributed by atoms with van der Waals surface area (Å²) in [5, 5.41) is 0. The van der Waals surface area contributed by atoms with E-state index in [2.05, 4.69) is 33.6 Å². The molecule has 0 saturated carbocycles. The average Bonchev–Trinajstić information content (AvgIpc) is 2.89. The molecule has 0 radical (unpaired) electrons. The normalized spacial score (nSPS) is 24.7. The lowest BCUT2D eigenvalue weighted by Crippen LogP contribution is -2.50. The Morgan fingerprint density at radius 1 is 1.36 bits per heavy atom. The van der Waals surface area contributed by atoms with Crippen LogP contribution in [0.2, 0.25) is 0 Å². The first-order valence-corrected chi connectivity index (χ1v) is 8.38. The number of hydrogen-bond acceptors (Lipinski definition) is 4. The van der Waals surface area contributed by atoms with Gasteiger partial charge in [0.1, 0.15) is 11.6 Å². The minimum Gasteiger partial charge on any atom is -0.354 e. The van der Waals surface area contributed by atoms with Gasteiger partial charge < -0.3 is 9.80 Å². The van der Waals surface area contributed by atoms with Gasteiger partial charge in [0.2, 0.25) is 5.91 Å². The number of hydrogen-bond donors (Lipinski definition) is 0. The number of piperidine rings is 1. The Morgan fingerprint density at radius 2 is 2.14 bits per heavy atom. The van der Waals surface area contributed by atoms with Gasteiger partial charge in [-0.25, -0.2) is 9.97 Å². The molecule has 2 aliphatic heterocycles. The Labute approximate surface area is 132 Å². The number of carbonyl (C=O) groups excluding carboxylic acids is 1. The van der Waals surface area contributed by atoms with Gasteiger partial charge in [0.15, 0.2) is 0 Å². The van der Waals surface area contributed by atoms with E-state index >= 15 is 0 Å². The van der Waals surface area contributed by atoms with E-state index in [1.165, 1.54) is 0 Å². The maximum absolute atomic E-state index is 12.5. The molecule has 5 heteroatoms. The van der Waals surface area contributed by atoms with Gasteiger partial charge in [-0.05, 0) is 37.7 Å². The van der Waals surface area contributed by atoms with Crippen molar-refractivity contribution in [1.29, 1.82) is 0 Å². The molecule has 120 valence electrons. The van der Waals surface area contributed by atoms with Crippen LogP contribution in [0.3, 0.4) is 0 Å². The lowest BCUT2D eigenvalue weighted by molar-refractivity contribution is -0.133. The van der Waals surface area contributed by atoms with Crippen LogP contribution >= 0.6 is 0 Å². The molecule has 2 saturated heterocycles. The number of aryl methyl sites for hydroxylation is 1. The molecule has 0 aromatic carbocycles. The van der Waals surface area contributed by atoms with E-state index in [-0.39, 0.29) is 0 Å². The van der Waals surface area contributed by atoms with Gasteiger partial charge in [0.05, 0.1) is 6.04 Å². The lowest BCUT2D eigenvalue weighted by atomic mass is 9.92. The molecule has 3 heterocycles. The molecule has 22 heavy (non-hydrogen) atoms. The van der Waals surface area contributed by atoms with Crippen LogP contribution in [0.25, 0.3) is 0 Å². The van der Waals surface area contributed by atoms with E-state index in [1.807, 2.05) is 19.2 Å². The topological polar surface area (TPSA) is 49.3 Å². The molecule has 2 unspecified atom stereocenters. The summed E-state index contributed by atoms with van der Waals surface area (Å²) in [5.74, 6) is 3.21. The summed E-state index contributed by atoms with van der Waals surface area (Å²) in [6.45, 7) is 9.02. The van der Waals surface area contributed by atoms with Crippen LogP contribution in [0.5, 0.6) is 0 Å². The molecule has 1 aromatic rings. The first-order chi connectivity index (χ1) is 10.5. The molecule has 2 aliphatic rings. The Balaban J connectivity index is 1.72. The average molecular weight is 302 g/mol. The summed E-state index contributed by atoms with van der Waals surface area (Å²) in [7, 11) is 0. The third-order valence-corrected chi connectivity index (χ3v) is 4.85. The second-order valence-corrected chi connectivity index (χ2v) is 7.00. The fourth-order valence-electron chi connectivity index (χ4n) is 3.74. The smallest absolute Gasteiger partial charge is 0.223 e. The number of aromatic nitrogens is 2. The number of rotatable bonds is 3. The van der Waals surface area contributed by atoms with Crippen molar-refractivity contribution < 1.29 is 4.79 Å². The highest BCUT2D eigenvalue weighted by Crippen LogP contribution is 2.33. The molecule has 3 rings (SSSR count). The van der Waals surface area contributed by atoms with Gasteiger partial charge >= 0.3 is 0 Å². The number of anilines is 1. The number of amides is 1. The van der Waals surface area contributed by atoms with E-state index < -0.39 is 0 Å². The fourth-order valence-corrected chi connectivity index (χ4v) is 3.74. The van der Waals surface area contributed by atoms with Crippen molar-refractivity contribution in [3.63, 3.8) is 0 Å². The molecule has 2 fully saturated rings. The summed E-state index contributed by atoms with van der Waals surface area (Å²) in [6.07, 6.45) is 4.79. The SMILES string of the molecule is Cc1nccc(N2CCC3CCN(C(=O)CC(C)C)C3C2)n1. The van der Waals surface area contributed by atoms with Crippen molar-refractivity contribution in [2.24, 2.45) is 11.8 Å². The minimum absolute atomic E-state index is 0.322. The molecular formula is C17H26N4O. The Hall–Kier alpha value is -1.65. The maximum Gasteiger partial charge on any atom is 0.223 e. The Morgan fingerprint density at radius 3 is 2.86 bits per heavy atom. The van der Waals surface area contributed by atoms with Gasteiger partial charge in [0.25, 0.3) is 0 Å². The number of likely N-dealkylation sites (tertiary alicyclic amines) is 1.